The van der Waals surface area contributed by atoms with Gasteiger partial charge in [0.05, 0.1) is 5.02 Å². The van der Waals surface area contributed by atoms with Crippen LogP contribution in [-0.2, 0) is 34.4 Å². The number of benzene rings is 1. The van der Waals surface area contributed by atoms with E-state index in [2.05, 4.69) is 0 Å². The molecular formula is C9H9ClMnO4-4. The molecule has 0 aromatic heterocycles. The minimum Gasteiger partial charge on any atom is -2.00 e. The summed E-state index contributed by atoms with van der Waals surface area (Å²) in [5.41, 5.74) is 1.40. The number of rotatable bonds is 3. The van der Waals surface area contributed by atoms with E-state index in [-0.39, 0.29) is 34.6 Å². The fourth-order valence-corrected chi connectivity index (χ4v) is 1.13. The molecule has 1 aromatic carbocycles. The first kappa shape index (κ1) is 20.1. The normalized spacial score (nSPS) is 7.87. The first-order chi connectivity index (χ1) is 5.77. The molecule has 0 unspecified atom stereocenters. The quantitative estimate of drug-likeness (QED) is 0.665. The number of carbonyl (C=O) groups excluding carboxylic acids is 1. The Morgan fingerprint density at radius 2 is 1.93 bits per heavy atom. The van der Waals surface area contributed by atoms with E-state index in [9.17, 15) is 4.79 Å². The molecule has 0 aliphatic heterocycles. The summed E-state index contributed by atoms with van der Waals surface area (Å²) >= 11 is 5.70. The fourth-order valence-electron chi connectivity index (χ4n) is 0.968. The van der Waals surface area contributed by atoms with Gasteiger partial charge in [-0.1, -0.05) is 17.7 Å². The fraction of sp³-hybridized carbons (Fsp3) is 0.222. The Balaban J connectivity index is -0.000000480. The van der Waals surface area contributed by atoms with Gasteiger partial charge in [0.1, 0.15) is 0 Å². The smallest absolute Gasteiger partial charge is 0.151 e. The molecule has 1 N–H and O–H groups in total. The van der Waals surface area contributed by atoms with Crippen molar-refractivity contribution in [2.24, 2.45) is 0 Å². The third kappa shape index (κ3) is 5.89. The van der Waals surface area contributed by atoms with Crippen LogP contribution in [0, 0.1) is 0 Å². The van der Waals surface area contributed by atoms with Crippen molar-refractivity contribution in [2.75, 3.05) is 6.61 Å². The average Bonchev–Trinajstić information content (AvgIpc) is 2.09. The Morgan fingerprint density at radius 3 is 2.40 bits per heavy atom. The predicted molar refractivity (Wildman–Crippen MR) is 49.0 cm³/mol. The maximum absolute atomic E-state index is 10.4. The third-order valence-corrected chi connectivity index (χ3v) is 1.93. The molecule has 0 atom stereocenters. The Hall–Kier alpha value is -0.421. The third-order valence-electron chi connectivity index (χ3n) is 1.59. The van der Waals surface area contributed by atoms with Gasteiger partial charge in [-0.3, -0.25) is 4.79 Å². The van der Waals surface area contributed by atoms with Crippen LogP contribution in [0.5, 0.6) is 0 Å². The first-order valence-electron chi connectivity index (χ1n) is 3.62. The van der Waals surface area contributed by atoms with E-state index in [1.807, 2.05) is 0 Å². The maximum Gasteiger partial charge on any atom is 0.151 e. The zero-order valence-electron chi connectivity index (χ0n) is 7.65. The number of aliphatic hydroxyl groups excluding tert-OH is 1. The predicted octanol–water partition coefficient (Wildman–Crippen LogP) is 1.45. The van der Waals surface area contributed by atoms with Crippen molar-refractivity contribution in [1.82, 2.24) is 0 Å². The molecule has 6 heteroatoms. The number of carbonyl (C=O) groups is 1. The Bertz CT molecular complexity index is 293. The molecule has 0 spiro atoms. The molecule has 0 bridgehead atoms. The molecule has 0 fully saturated rings. The molecule has 1 aromatic rings. The molecule has 4 nitrogen and oxygen atoms in total. The number of hydrogen-bond donors (Lipinski definition) is 1. The molecular weight excluding hydrogens is 262 g/mol. The van der Waals surface area contributed by atoms with Gasteiger partial charge in [-0.25, -0.2) is 0 Å². The van der Waals surface area contributed by atoms with Gasteiger partial charge in [0.25, 0.3) is 0 Å². The summed E-state index contributed by atoms with van der Waals surface area (Å²) in [5.74, 6) is 0. The molecule has 0 saturated carbocycles. The van der Waals surface area contributed by atoms with E-state index in [1.165, 1.54) is 0 Å². The summed E-state index contributed by atoms with van der Waals surface area (Å²) in [5, 5.41) is 9.08. The second-order valence-electron chi connectivity index (χ2n) is 2.45. The molecule has 0 amide bonds. The topological polar surface area (TPSA) is 94.3 Å². The van der Waals surface area contributed by atoms with E-state index in [4.69, 9.17) is 16.7 Å². The molecule has 0 aliphatic rings. The average molecular weight is 272 g/mol. The van der Waals surface area contributed by atoms with Crippen molar-refractivity contribution in [3.8, 4) is 0 Å². The van der Waals surface area contributed by atoms with Gasteiger partial charge in [0, 0.05) is 29.2 Å². The van der Waals surface area contributed by atoms with Gasteiger partial charge in [-0.2, -0.15) is 0 Å². The summed E-state index contributed by atoms with van der Waals surface area (Å²) in [6.07, 6.45) is 1.27. The summed E-state index contributed by atoms with van der Waals surface area (Å²) in [6.45, 7) is 0.0833. The van der Waals surface area contributed by atoms with Crippen LogP contribution in [0.1, 0.15) is 15.9 Å². The number of hydrogen-bond acceptors (Lipinski definition) is 2. The van der Waals surface area contributed by atoms with E-state index in [1.54, 1.807) is 18.2 Å². The van der Waals surface area contributed by atoms with Gasteiger partial charge in [-0.15, -0.1) is 0 Å². The van der Waals surface area contributed by atoms with Crippen molar-refractivity contribution in [3.63, 3.8) is 0 Å². The van der Waals surface area contributed by atoms with Gasteiger partial charge in [0.15, 0.2) is 6.29 Å². The van der Waals surface area contributed by atoms with Crippen molar-refractivity contribution in [3.05, 3.63) is 34.3 Å². The second kappa shape index (κ2) is 10.1. The summed E-state index contributed by atoms with van der Waals surface area (Å²) in [7, 11) is 0. The molecule has 1 radical (unpaired) electrons. The molecule has 0 aliphatic carbocycles. The van der Waals surface area contributed by atoms with Gasteiger partial charge in [0.2, 0.25) is 0 Å². The minimum atomic E-state index is 0. The van der Waals surface area contributed by atoms with Crippen LogP contribution in [0.3, 0.4) is 0 Å². The van der Waals surface area contributed by atoms with Crippen LogP contribution in [0.4, 0.5) is 0 Å². The van der Waals surface area contributed by atoms with Gasteiger partial charge >= 0.3 is 0 Å². The van der Waals surface area contributed by atoms with Crippen LogP contribution in [0.25, 0.3) is 0 Å². The number of halogens is 1. The van der Waals surface area contributed by atoms with Gasteiger partial charge < -0.3 is 16.1 Å². The van der Waals surface area contributed by atoms with Crippen molar-refractivity contribution in [2.45, 2.75) is 6.42 Å². The Morgan fingerprint density at radius 1 is 1.33 bits per heavy atom. The van der Waals surface area contributed by atoms with Crippen LogP contribution in [-0.4, -0.2) is 18.0 Å². The summed E-state index contributed by atoms with van der Waals surface area (Å²) in [6, 6.07) is 5.15. The standard InChI is InChI=1S/C9H9ClO2.Mn.2O/c10-9-2-1-7(3-4-11)5-8(9)6-12;;;/h1-2,5-6,11H,3-4H2;;;/q;;2*-2. The van der Waals surface area contributed by atoms with E-state index >= 15 is 0 Å². The molecule has 0 saturated heterocycles. The van der Waals surface area contributed by atoms with Crippen LogP contribution < -0.4 is 0 Å². The van der Waals surface area contributed by atoms with Crippen molar-refractivity contribution < 1.29 is 37.9 Å². The SMILES string of the molecule is O=Cc1cc(CCO)ccc1Cl.[Mn].[O-2].[O-2]. The monoisotopic (exact) mass is 271 g/mol. The van der Waals surface area contributed by atoms with Crippen LogP contribution in [0.15, 0.2) is 18.2 Å². The number of aliphatic hydroxyl groups is 1. The molecule has 87 valence electrons. The maximum atomic E-state index is 10.4. The van der Waals surface area contributed by atoms with Crippen LogP contribution >= 0.6 is 11.6 Å². The minimum absolute atomic E-state index is 0. The van der Waals surface area contributed by atoms with Crippen LogP contribution in [0.2, 0.25) is 5.02 Å². The molecule has 0 heterocycles. The largest absolute Gasteiger partial charge is 2.00 e. The first-order valence-corrected chi connectivity index (χ1v) is 4.00. The zero-order valence-corrected chi connectivity index (χ0v) is 9.59. The van der Waals surface area contributed by atoms with E-state index < -0.39 is 0 Å². The van der Waals surface area contributed by atoms with E-state index in [0.717, 1.165) is 5.56 Å². The zero-order chi connectivity index (χ0) is 8.97. The van der Waals surface area contributed by atoms with Crippen molar-refractivity contribution >= 4 is 17.9 Å². The Kier molecular flexibility index (Phi) is 13.5. The molecule has 15 heavy (non-hydrogen) atoms. The molecule has 1 rings (SSSR count). The summed E-state index contributed by atoms with van der Waals surface area (Å²) in [4.78, 5) is 10.4. The van der Waals surface area contributed by atoms with Crippen molar-refractivity contribution in [1.29, 1.82) is 0 Å². The Labute approximate surface area is 103 Å². The van der Waals surface area contributed by atoms with E-state index in [0.29, 0.717) is 23.3 Å². The summed E-state index contributed by atoms with van der Waals surface area (Å²) < 4.78 is 0. The second-order valence-corrected chi connectivity index (χ2v) is 2.85. The van der Waals surface area contributed by atoms with Gasteiger partial charge in [-0.05, 0) is 24.1 Å². The number of aldehydes is 1.